The Morgan fingerprint density at radius 2 is 2.06 bits per heavy atom. The number of nitrogens with two attached hydrogens (primary N) is 1. The average Bonchev–Trinajstić information content (AvgIpc) is 2.79. The maximum Gasteiger partial charge on any atom is 0.225 e. The van der Waals surface area contributed by atoms with Crippen molar-refractivity contribution in [3.05, 3.63) is 42.1 Å². The fourth-order valence-corrected chi connectivity index (χ4v) is 2.17. The molecule has 0 fully saturated rings. The van der Waals surface area contributed by atoms with Crippen molar-refractivity contribution in [3.63, 3.8) is 0 Å². The quantitative estimate of drug-likeness (QED) is 0.746. The van der Waals surface area contributed by atoms with E-state index < -0.39 is 0 Å². The van der Waals surface area contributed by atoms with Crippen LogP contribution in [-0.4, -0.2) is 10.1 Å². The summed E-state index contributed by atoms with van der Waals surface area (Å²) in [7, 11) is 0. The van der Waals surface area contributed by atoms with Crippen LogP contribution in [0.5, 0.6) is 0 Å². The number of aromatic nitrogens is 2. The van der Waals surface area contributed by atoms with Gasteiger partial charge in [-0.05, 0) is 12.5 Å². The Labute approximate surface area is 104 Å². The second-order valence-electron chi connectivity index (χ2n) is 4.11. The summed E-state index contributed by atoms with van der Waals surface area (Å²) in [6.45, 7) is 2.03. The minimum Gasteiger partial charge on any atom is -0.367 e. The van der Waals surface area contributed by atoms with E-state index in [1.165, 1.54) is 0 Å². The number of nitrogen functional groups attached to an aromatic ring is 1. The van der Waals surface area contributed by atoms with Gasteiger partial charge in [-0.2, -0.15) is 0 Å². The third kappa shape index (κ3) is 1.54. The Morgan fingerprint density at radius 3 is 2.89 bits per heavy atom. The van der Waals surface area contributed by atoms with E-state index in [4.69, 9.17) is 10.3 Å². The Morgan fingerprint density at radius 1 is 1.22 bits per heavy atom. The fraction of sp³-hybridized carbons (Fsp3) is 0.143. The number of benzene rings is 1. The highest BCUT2D eigenvalue weighted by Crippen LogP contribution is 2.31. The first-order valence-electron chi connectivity index (χ1n) is 5.89. The predicted molar refractivity (Wildman–Crippen MR) is 71.0 cm³/mol. The van der Waals surface area contributed by atoms with Crippen LogP contribution in [0.4, 0.5) is 5.88 Å². The molecule has 0 bridgehead atoms. The van der Waals surface area contributed by atoms with Crippen molar-refractivity contribution in [1.29, 1.82) is 0 Å². The molecular weight excluding hydrogens is 226 g/mol. The van der Waals surface area contributed by atoms with Gasteiger partial charge in [0.25, 0.3) is 0 Å². The van der Waals surface area contributed by atoms with E-state index in [1.807, 2.05) is 37.3 Å². The predicted octanol–water partition coefficient (Wildman–Crippen LogP) is 3.03. The Hall–Kier alpha value is -2.36. The molecule has 4 nitrogen and oxygen atoms in total. The lowest BCUT2D eigenvalue weighted by molar-refractivity contribution is 0.438. The Balaban J connectivity index is 2.31. The molecule has 2 heterocycles. The summed E-state index contributed by atoms with van der Waals surface area (Å²) in [5, 5.41) is 5.15. The van der Waals surface area contributed by atoms with E-state index in [-0.39, 0.29) is 0 Å². The van der Waals surface area contributed by atoms with Gasteiger partial charge in [-0.15, -0.1) is 0 Å². The Kier molecular flexibility index (Phi) is 2.48. The van der Waals surface area contributed by atoms with Gasteiger partial charge in [0.1, 0.15) is 5.69 Å². The molecule has 3 rings (SSSR count). The Bertz CT molecular complexity index is 698. The highest BCUT2D eigenvalue weighted by molar-refractivity contribution is 5.93. The average molecular weight is 239 g/mol. The molecule has 0 unspecified atom stereocenters. The lowest BCUT2D eigenvalue weighted by atomic mass is 10.0. The molecule has 0 radical (unpaired) electrons. The van der Waals surface area contributed by atoms with Crippen LogP contribution in [0.3, 0.4) is 0 Å². The van der Waals surface area contributed by atoms with E-state index in [1.54, 1.807) is 6.20 Å². The maximum atomic E-state index is 5.78. The van der Waals surface area contributed by atoms with Gasteiger partial charge in [-0.1, -0.05) is 36.3 Å². The summed E-state index contributed by atoms with van der Waals surface area (Å²) in [5.41, 5.74) is 9.40. The zero-order valence-electron chi connectivity index (χ0n) is 10.1. The molecule has 4 heteroatoms. The molecule has 90 valence electrons. The number of pyridine rings is 1. The smallest absolute Gasteiger partial charge is 0.225 e. The molecule has 0 atom stereocenters. The van der Waals surface area contributed by atoms with Crippen molar-refractivity contribution in [2.24, 2.45) is 0 Å². The molecule has 3 aromatic rings. The van der Waals surface area contributed by atoms with Crippen molar-refractivity contribution in [1.82, 2.24) is 10.1 Å². The first-order valence-corrected chi connectivity index (χ1v) is 5.89. The molecule has 0 spiro atoms. The third-order valence-electron chi connectivity index (χ3n) is 3.06. The van der Waals surface area contributed by atoms with Gasteiger partial charge in [-0.25, -0.2) is 0 Å². The summed E-state index contributed by atoms with van der Waals surface area (Å²) in [4.78, 5) is 4.42. The van der Waals surface area contributed by atoms with Gasteiger partial charge in [0, 0.05) is 22.7 Å². The molecule has 2 N–H and O–H groups in total. The zero-order valence-corrected chi connectivity index (χ0v) is 10.1. The van der Waals surface area contributed by atoms with E-state index >= 15 is 0 Å². The highest BCUT2D eigenvalue weighted by atomic mass is 16.5. The summed E-state index contributed by atoms with van der Waals surface area (Å²) >= 11 is 0. The van der Waals surface area contributed by atoms with E-state index in [0.29, 0.717) is 5.88 Å². The largest absolute Gasteiger partial charge is 0.367 e. The third-order valence-corrected chi connectivity index (χ3v) is 3.06. The van der Waals surface area contributed by atoms with Crippen LogP contribution in [0.15, 0.2) is 41.1 Å². The van der Waals surface area contributed by atoms with Crippen LogP contribution in [0.25, 0.3) is 22.2 Å². The lowest BCUT2D eigenvalue weighted by Crippen LogP contribution is -1.91. The van der Waals surface area contributed by atoms with Gasteiger partial charge in [0.05, 0.1) is 5.52 Å². The second-order valence-corrected chi connectivity index (χ2v) is 4.11. The normalized spacial score (nSPS) is 10.9. The number of nitrogens with zero attached hydrogens (tertiary/aromatic N) is 2. The molecule has 0 aliphatic rings. The van der Waals surface area contributed by atoms with Crippen LogP contribution < -0.4 is 5.73 Å². The topological polar surface area (TPSA) is 64.9 Å². The van der Waals surface area contributed by atoms with Crippen LogP contribution in [0.2, 0.25) is 0 Å². The van der Waals surface area contributed by atoms with Crippen molar-refractivity contribution in [3.8, 4) is 11.3 Å². The number of hydrogen-bond donors (Lipinski definition) is 1. The molecule has 0 aliphatic carbocycles. The summed E-state index contributed by atoms with van der Waals surface area (Å²) < 4.78 is 5.09. The first kappa shape index (κ1) is 10.8. The van der Waals surface area contributed by atoms with Crippen LogP contribution in [-0.2, 0) is 6.42 Å². The summed E-state index contributed by atoms with van der Waals surface area (Å²) in [5.74, 6) is 0.389. The molecule has 2 aromatic heterocycles. The number of para-hydroxylation sites is 1. The van der Waals surface area contributed by atoms with Crippen LogP contribution >= 0.6 is 0 Å². The van der Waals surface area contributed by atoms with Gasteiger partial charge >= 0.3 is 0 Å². The minimum atomic E-state index is 0.389. The zero-order chi connectivity index (χ0) is 12.5. The van der Waals surface area contributed by atoms with Gasteiger partial charge in [-0.3, -0.25) is 4.98 Å². The fourth-order valence-electron chi connectivity index (χ4n) is 2.17. The molecule has 1 aromatic carbocycles. The molecule has 0 saturated carbocycles. The first-order chi connectivity index (χ1) is 8.81. The maximum absolute atomic E-state index is 5.78. The van der Waals surface area contributed by atoms with Gasteiger partial charge in [0.15, 0.2) is 0 Å². The van der Waals surface area contributed by atoms with Crippen LogP contribution in [0.1, 0.15) is 12.5 Å². The van der Waals surface area contributed by atoms with Gasteiger partial charge in [0.2, 0.25) is 5.88 Å². The summed E-state index contributed by atoms with van der Waals surface area (Å²) in [6.07, 6.45) is 2.56. The van der Waals surface area contributed by atoms with Gasteiger partial charge < -0.3 is 10.3 Å². The number of rotatable bonds is 2. The summed E-state index contributed by atoms with van der Waals surface area (Å²) in [6, 6.07) is 9.96. The number of anilines is 1. The minimum absolute atomic E-state index is 0.389. The lowest BCUT2D eigenvalue weighted by Gasteiger charge is -2.03. The van der Waals surface area contributed by atoms with E-state index in [2.05, 4.69) is 10.1 Å². The van der Waals surface area contributed by atoms with Crippen molar-refractivity contribution < 1.29 is 4.52 Å². The molecular formula is C14H13N3O. The van der Waals surface area contributed by atoms with E-state index in [0.717, 1.165) is 34.1 Å². The highest BCUT2D eigenvalue weighted by Gasteiger charge is 2.16. The monoisotopic (exact) mass is 239 g/mol. The number of fused-ring (bicyclic) bond motifs is 1. The molecule has 0 amide bonds. The van der Waals surface area contributed by atoms with Crippen molar-refractivity contribution in [2.45, 2.75) is 13.3 Å². The van der Waals surface area contributed by atoms with E-state index in [9.17, 15) is 0 Å². The standard InChI is InChI=1S/C14H13N3O/c1-2-10-13(17-18-14(10)15)11-7-3-5-9-6-4-8-16-12(9)11/h3-8H,2,15H2,1H3. The SMILES string of the molecule is CCc1c(-c2cccc3cccnc23)noc1N. The molecule has 0 aliphatic heterocycles. The van der Waals surface area contributed by atoms with Crippen LogP contribution in [0, 0.1) is 0 Å². The van der Waals surface area contributed by atoms with Crippen molar-refractivity contribution in [2.75, 3.05) is 5.73 Å². The number of hydrogen-bond acceptors (Lipinski definition) is 4. The second kappa shape index (κ2) is 4.14. The molecule has 18 heavy (non-hydrogen) atoms. The van der Waals surface area contributed by atoms with Crippen molar-refractivity contribution >= 4 is 16.8 Å². The molecule has 0 saturated heterocycles.